The van der Waals surface area contributed by atoms with Gasteiger partial charge in [-0.3, -0.25) is 15.1 Å². The summed E-state index contributed by atoms with van der Waals surface area (Å²) in [4.78, 5) is 14.8. The van der Waals surface area contributed by atoms with Crippen LogP contribution in [0.5, 0.6) is 0 Å². The van der Waals surface area contributed by atoms with Crippen LogP contribution in [0.1, 0.15) is 23.0 Å². The van der Waals surface area contributed by atoms with Gasteiger partial charge in [-0.2, -0.15) is 0 Å². The van der Waals surface area contributed by atoms with E-state index in [9.17, 15) is 10.1 Å². The molecular formula is C16H12N6O2. The molecule has 118 valence electrons. The van der Waals surface area contributed by atoms with E-state index in [2.05, 4.69) is 20.5 Å². The van der Waals surface area contributed by atoms with Gasteiger partial charge < -0.3 is 0 Å². The molecule has 0 saturated heterocycles. The monoisotopic (exact) mass is 320 g/mol. The number of tetrazole rings is 1. The molecule has 3 aromatic rings. The lowest BCUT2D eigenvalue weighted by molar-refractivity contribution is -0.384. The SMILES string of the molecule is O=[N+]([O-])c1ccc(Cn2nnnc2C2N=C2c2ccccc2)cc1. The number of hydrogen-bond donors (Lipinski definition) is 0. The number of nitro groups is 1. The number of rotatable bonds is 5. The van der Waals surface area contributed by atoms with E-state index in [4.69, 9.17) is 0 Å². The predicted molar refractivity (Wildman–Crippen MR) is 85.7 cm³/mol. The molecule has 1 aliphatic heterocycles. The molecule has 0 aliphatic carbocycles. The molecule has 1 aromatic heterocycles. The van der Waals surface area contributed by atoms with E-state index in [-0.39, 0.29) is 11.7 Å². The maximum Gasteiger partial charge on any atom is 0.269 e. The Labute approximate surface area is 136 Å². The average molecular weight is 320 g/mol. The van der Waals surface area contributed by atoms with Gasteiger partial charge in [0.2, 0.25) is 0 Å². The van der Waals surface area contributed by atoms with Crippen LogP contribution in [0, 0.1) is 10.1 Å². The lowest BCUT2D eigenvalue weighted by Gasteiger charge is -2.04. The van der Waals surface area contributed by atoms with Gasteiger partial charge >= 0.3 is 0 Å². The van der Waals surface area contributed by atoms with Gasteiger partial charge in [-0.05, 0) is 21.6 Å². The van der Waals surface area contributed by atoms with Gasteiger partial charge in [0.1, 0.15) is 0 Å². The highest BCUT2D eigenvalue weighted by molar-refractivity contribution is 6.13. The molecule has 1 unspecified atom stereocenters. The van der Waals surface area contributed by atoms with Gasteiger partial charge in [-0.25, -0.2) is 4.68 Å². The van der Waals surface area contributed by atoms with E-state index in [1.807, 2.05) is 30.3 Å². The molecule has 2 aromatic carbocycles. The van der Waals surface area contributed by atoms with Gasteiger partial charge in [-0.1, -0.05) is 42.5 Å². The molecule has 0 bridgehead atoms. The van der Waals surface area contributed by atoms with Crippen molar-refractivity contribution in [3.8, 4) is 0 Å². The highest BCUT2D eigenvalue weighted by atomic mass is 16.6. The van der Waals surface area contributed by atoms with Crippen LogP contribution in [0.3, 0.4) is 0 Å². The lowest BCUT2D eigenvalue weighted by Crippen LogP contribution is -2.09. The molecule has 0 fully saturated rings. The van der Waals surface area contributed by atoms with Crippen LogP contribution in [0.4, 0.5) is 5.69 Å². The molecule has 8 heteroatoms. The Morgan fingerprint density at radius 3 is 2.54 bits per heavy atom. The normalized spacial score (nSPS) is 15.8. The molecular weight excluding hydrogens is 308 g/mol. The summed E-state index contributed by atoms with van der Waals surface area (Å²) in [5.41, 5.74) is 2.98. The Kier molecular flexibility index (Phi) is 3.34. The zero-order valence-electron chi connectivity index (χ0n) is 12.5. The minimum Gasteiger partial charge on any atom is -0.268 e. The number of aromatic nitrogens is 4. The fraction of sp³-hybridized carbons (Fsp3) is 0.125. The van der Waals surface area contributed by atoms with E-state index < -0.39 is 4.92 Å². The Balaban J connectivity index is 1.51. The fourth-order valence-corrected chi connectivity index (χ4v) is 2.54. The number of nitro benzene ring substituents is 1. The first-order chi connectivity index (χ1) is 11.7. The maximum absolute atomic E-state index is 10.7. The molecule has 24 heavy (non-hydrogen) atoms. The molecule has 4 rings (SSSR count). The number of nitrogens with zero attached hydrogens (tertiary/aromatic N) is 6. The van der Waals surface area contributed by atoms with Crippen molar-refractivity contribution in [1.29, 1.82) is 0 Å². The van der Waals surface area contributed by atoms with Crippen LogP contribution in [0.15, 0.2) is 59.6 Å². The third kappa shape index (κ3) is 2.65. The summed E-state index contributed by atoms with van der Waals surface area (Å²) in [6.07, 6.45) is 0. The summed E-state index contributed by atoms with van der Waals surface area (Å²) in [5, 5.41) is 22.5. The topological polar surface area (TPSA) is 99.1 Å². The quantitative estimate of drug-likeness (QED) is 0.530. The summed E-state index contributed by atoms with van der Waals surface area (Å²) < 4.78 is 1.67. The smallest absolute Gasteiger partial charge is 0.268 e. The van der Waals surface area contributed by atoms with Crippen LogP contribution in [-0.2, 0) is 6.54 Å². The van der Waals surface area contributed by atoms with Gasteiger partial charge in [0.25, 0.3) is 5.69 Å². The Morgan fingerprint density at radius 2 is 1.83 bits per heavy atom. The van der Waals surface area contributed by atoms with Crippen LogP contribution in [0.25, 0.3) is 0 Å². The highest BCUT2D eigenvalue weighted by Crippen LogP contribution is 2.33. The summed E-state index contributed by atoms with van der Waals surface area (Å²) in [6.45, 7) is 0.439. The first-order valence-corrected chi connectivity index (χ1v) is 7.35. The zero-order chi connectivity index (χ0) is 16.5. The summed E-state index contributed by atoms with van der Waals surface area (Å²) in [6, 6.07) is 16.1. The zero-order valence-corrected chi connectivity index (χ0v) is 12.5. The highest BCUT2D eigenvalue weighted by Gasteiger charge is 2.35. The van der Waals surface area contributed by atoms with E-state index in [1.165, 1.54) is 12.1 Å². The number of hydrogen-bond acceptors (Lipinski definition) is 6. The minimum absolute atomic E-state index is 0.0626. The first kappa shape index (κ1) is 14.2. The van der Waals surface area contributed by atoms with Gasteiger partial charge in [0, 0.05) is 12.1 Å². The van der Waals surface area contributed by atoms with Gasteiger partial charge in [0.15, 0.2) is 11.9 Å². The molecule has 0 saturated carbocycles. The molecule has 1 aliphatic rings. The summed E-state index contributed by atoms with van der Waals surface area (Å²) in [5.74, 6) is 0.673. The van der Waals surface area contributed by atoms with Crippen LogP contribution < -0.4 is 0 Å². The van der Waals surface area contributed by atoms with Gasteiger partial charge in [-0.15, -0.1) is 5.10 Å². The Hall–Kier alpha value is -3.42. The maximum atomic E-state index is 10.7. The second kappa shape index (κ2) is 5.65. The van der Waals surface area contributed by atoms with Gasteiger partial charge in [0.05, 0.1) is 17.2 Å². The van der Waals surface area contributed by atoms with E-state index in [1.54, 1.807) is 16.8 Å². The second-order valence-electron chi connectivity index (χ2n) is 5.40. The lowest BCUT2D eigenvalue weighted by atomic mass is 10.1. The van der Waals surface area contributed by atoms with Crippen molar-refractivity contribution >= 4 is 11.4 Å². The third-order valence-electron chi connectivity index (χ3n) is 3.81. The predicted octanol–water partition coefficient (Wildman–Crippen LogP) is 2.17. The van der Waals surface area contributed by atoms with Crippen LogP contribution >= 0.6 is 0 Å². The fourth-order valence-electron chi connectivity index (χ4n) is 2.54. The van der Waals surface area contributed by atoms with Crippen molar-refractivity contribution in [1.82, 2.24) is 20.2 Å². The number of benzene rings is 2. The standard InChI is InChI=1S/C16H12N6O2/c23-22(24)13-8-6-11(7-9-13)10-21-16(18-19-20-21)15-14(17-15)12-4-2-1-3-5-12/h1-9,15H,10H2. The summed E-state index contributed by atoms with van der Waals surface area (Å²) in [7, 11) is 0. The third-order valence-corrected chi connectivity index (χ3v) is 3.81. The Morgan fingerprint density at radius 1 is 1.08 bits per heavy atom. The van der Waals surface area contributed by atoms with Crippen molar-refractivity contribution in [2.45, 2.75) is 12.6 Å². The van der Waals surface area contributed by atoms with Crippen molar-refractivity contribution in [2.24, 2.45) is 4.99 Å². The minimum atomic E-state index is -0.420. The van der Waals surface area contributed by atoms with E-state index in [0.717, 1.165) is 16.8 Å². The van der Waals surface area contributed by atoms with Crippen molar-refractivity contribution in [3.05, 3.63) is 81.7 Å². The van der Waals surface area contributed by atoms with Crippen LogP contribution in [-0.4, -0.2) is 30.8 Å². The summed E-state index contributed by atoms with van der Waals surface area (Å²) >= 11 is 0. The number of non-ortho nitro benzene ring substituents is 1. The molecule has 8 nitrogen and oxygen atoms in total. The van der Waals surface area contributed by atoms with Crippen molar-refractivity contribution in [2.75, 3.05) is 0 Å². The molecule has 2 heterocycles. The largest absolute Gasteiger partial charge is 0.269 e. The first-order valence-electron chi connectivity index (χ1n) is 7.35. The second-order valence-corrected chi connectivity index (χ2v) is 5.40. The van der Waals surface area contributed by atoms with Crippen molar-refractivity contribution < 1.29 is 4.92 Å². The molecule has 0 radical (unpaired) electrons. The van der Waals surface area contributed by atoms with E-state index in [0.29, 0.717) is 12.4 Å². The molecule has 0 N–H and O–H groups in total. The molecule has 0 amide bonds. The van der Waals surface area contributed by atoms with Crippen LogP contribution in [0.2, 0.25) is 0 Å². The molecule has 0 spiro atoms. The molecule has 1 atom stereocenters. The number of aliphatic imine (C=N–C) groups is 1. The average Bonchev–Trinajstić information content (AvgIpc) is 3.28. The van der Waals surface area contributed by atoms with E-state index >= 15 is 0 Å². The Bertz CT molecular complexity index is 917. The van der Waals surface area contributed by atoms with Crippen molar-refractivity contribution in [3.63, 3.8) is 0 Å².